The summed E-state index contributed by atoms with van der Waals surface area (Å²) in [6.07, 6.45) is 7.21. The Morgan fingerprint density at radius 1 is 1.23 bits per heavy atom. The van der Waals surface area contributed by atoms with Gasteiger partial charge in [0.2, 0.25) is 5.91 Å². The number of carbonyl (C=O) groups excluding carboxylic acids is 1. The van der Waals surface area contributed by atoms with Crippen LogP contribution in [0.15, 0.2) is 60.6 Å². The molecule has 0 N–H and O–H groups in total. The quantitative estimate of drug-likeness (QED) is 0.541. The molecule has 0 spiro atoms. The lowest BCUT2D eigenvalue weighted by atomic mass is 9.97. The second-order valence-corrected chi connectivity index (χ2v) is 7.86. The van der Waals surface area contributed by atoms with Crippen LogP contribution in [0.2, 0.25) is 0 Å². The standard InChI is InChI=1S/C25H26FN3O2/c1-17-15-28(16-27-17)23-10-9-19(13-24(23)31-3)12-21-7-5-11-29(25(21)30)18(2)20-6-4-8-22(26)14-20/h4,6,8-10,12-16,18H,5,7,11H2,1-3H3/b21-12+/t18-/m0/s1. The zero-order chi connectivity index (χ0) is 22.0. The van der Waals surface area contributed by atoms with Crippen LogP contribution in [-0.2, 0) is 4.79 Å². The number of amides is 1. The number of halogens is 1. The number of piperidine rings is 1. The number of imidazole rings is 1. The third-order valence-corrected chi connectivity index (χ3v) is 5.71. The number of hydrogen-bond acceptors (Lipinski definition) is 3. The summed E-state index contributed by atoms with van der Waals surface area (Å²) in [5.74, 6) is 0.418. The van der Waals surface area contributed by atoms with Crippen LogP contribution in [0.25, 0.3) is 11.8 Å². The summed E-state index contributed by atoms with van der Waals surface area (Å²) < 4.78 is 21.2. The topological polar surface area (TPSA) is 47.4 Å². The van der Waals surface area contributed by atoms with Gasteiger partial charge in [-0.25, -0.2) is 9.37 Å². The van der Waals surface area contributed by atoms with Gasteiger partial charge >= 0.3 is 0 Å². The van der Waals surface area contributed by atoms with Gasteiger partial charge in [-0.05, 0) is 68.2 Å². The first-order valence-corrected chi connectivity index (χ1v) is 10.4. The number of carbonyl (C=O) groups is 1. The zero-order valence-corrected chi connectivity index (χ0v) is 18.0. The fourth-order valence-electron chi connectivity index (χ4n) is 4.03. The van der Waals surface area contributed by atoms with Gasteiger partial charge in [-0.2, -0.15) is 0 Å². The van der Waals surface area contributed by atoms with Gasteiger partial charge < -0.3 is 14.2 Å². The second-order valence-electron chi connectivity index (χ2n) is 7.86. The van der Waals surface area contributed by atoms with Crippen LogP contribution in [0.1, 0.15) is 42.6 Å². The lowest BCUT2D eigenvalue weighted by molar-refractivity contribution is -0.130. The molecule has 1 aromatic heterocycles. The molecule has 0 saturated carbocycles. The first-order valence-electron chi connectivity index (χ1n) is 10.4. The van der Waals surface area contributed by atoms with E-state index in [-0.39, 0.29) is 17.8 Å². The summed E-state index contributed by atoms with van der Waals surface area (Å²) in [6.45, 7) is 4.55. The third-order valence-electron chi connectivity index (χ3n) is 5.71. The van der Waals surface area contributed by atoms with Crippen LogP contribution in [-0.4, -0.2) is 34.0 Å². The lowest BCUT2D eigenvalue weighted by Gasteiger charge is -2.34. The number of ether oxygens (including phenoxy) is 1. The Labute approximate surface area is 181 Å². The lowest BCUT2D eigenvalue weighted by Crippen LogP contribution is -2.38. The SMILES string of the molecule is COc1cc(/C=C2\CCCN([C@@H](C)c3cccc(F)c3)C2=O)ccc1-n1cnc(C)c1. The fraction of sp³-hybridized carbons (Fsp3) is 0.280. The van der Waals surface area contributed by atoms with Crippen molar-refractivity contribution in [3.8, 4) is 11.4 Å². The average Bonchev–Trinajstić information content (AvgIpc) is 3.20. The minimum Gasteiger partial charge on any atom is -0.495 e. The van der Waals surface area contributed by atoms with Gasteiger partial charge in [-0.3, -0.25) is 4.79 Å². The number of likely N-dealkylation sites (tertiary alicyclic amines) is 1. The van der Waals surface area contributed by atoms with Gasteiger partial charge in [-0.15, -0.1) is 0 Å². The Morgan fingerprint density at radius 3 is 2.77 bits per heavy atom. The molecule has 5 nitrogen and oxygen atoms in total. The van der Waals surface area contributed by atoms with Crippen molar-refractivity contribution in [1.82, 2.24) is 14.5 Å². The van der Waals surface area contributed by atoms with Crippen molar-refractivity contribution in [3.05, 3.63) is 83.2 Å². The molecule has 2 heterocycles. The normalized spacial score (nSPS) is 16.6. The molecular formula is C25H26FN3O2. The van der Waals surface area contributed by atoms with Crippen LogP contribution >= 0.6 is 0 Å². The smallest absolute Gasteiger partial charge is 0.250 e. The van der Waals surface area contributed by atoms with Crippen LogP contribution in [0.5, 0.6) is 5.75 Å². The Balaban J connectivity index is 1.60. The predicted molar refractivity (Wildman–Crippen MR) is 119 cm³/mol. The maximum absolute atomic E-state index is 13.7. The van der Waals surface area contributed by atoms with Gasteiger partial charge in [0.15, 0.2) is 0 Å². The molecule has 160 valence electrons. The highest BCUT2D eigenvalue weighted by Gasteiger charge is 2.28. The molecule has 0 radical (unpaired) electrons. The van der Waals surface area contributed by atoms with E-state index in [1.165, 1.54) is 12.1 Å². The third kappa shape index (κ3) is 4.38. The number of aromatic nitrogens is 2. The molecular weight excluding hydrogens is 393 g/mol. The van der Waals surface area contributed by atoms with Crippen molar-refractivity contribution in [3.63, 3.8) is 0 Å². The van der Waals surface area contributed by atoms with Gasteiger partial charge in [0, 0.05) is 18.3 Å². The fourth-order valence-corrected chi connectivity index (χ4v) is 4.03. The Bertz CT molecular complexity index is 1140. The van der Waals surface area contributed by atoms with Crippen LogP contribution in [0.4, 0.5) is 4.39 Å². The summed E-state index contributed by atoms with van der Waals surface area (Å²) in [5.41, 5.74) is 4.27. The highest BCUT2D eigenvalue weighted by Crippen LogP contribution is 2.30. The summed E-state index contributed by atoms with van der Waals surface area (Å²) in [5, 5.41) is 0. The van der Waals surface area contributed by atoms with E-state index in [1.807, 2.05) is 59.9 Å². The van der Waals surface area contributed by atoms with E-state index in [2.05, 4.69) is 4.98 Å². The Morgan fingerprint density at radius 2 is 2.06 bits per heavy atom. The van der Waals surface area contributed by atoms with Gasteiger partial charge in [0.25, 0.3) is 0 Å². The molecule has 1 saturated heterocycles. The van der Waals surface area contributed by atoms with Crippen molar-refractivity contribution in [2.24, 2.45) is 0 Å². The van der Waals surface area contributed by atoms with Gasteiger partial charge in [-0.1, -0.05) is 18.2 Å². The molecule has 4 rings (SSSR count). The van der Waals surface area contributed by atoms with E-state index in [4.69, 9.17) is 4.74 Å². The first kappa shape index (κ1) is 20.8. The van der Waals surface area contributed by atoms with E-state index in [1.54, 1.807) is 19.5 Å². The molecule has 0 bridgehead atoms. The van der Waals surface area contributed by atoms with Crippen LogP contribution < -0.4 is 4.74 Å². The molecule has 1 amide bonds. The number of rotatable bonds is 5. The minimum absolute atomic E-state index is 0.00344. The number of benzene rings is 2. The van der Waals surface area contributed by atoms with Gasteiger partial charge in [0.05, 0.1) is 30.9 Å². The predicted octanol–water partition coefficient (Wildman–Crippen LogP) is 5.10. The maximum Gasteiger partial charge on any atom is 0.250 e. The van der Waals surface area contributed by atoms with E-state index in [0.717, 1.165) is 40.9 Å². The molecule has 1 aliphatic heterocycles. The summed E-state index contributed by atoms with van der Waals surface area (Å²) >= 11 is 0. The van der Waals surface area contributed by atoms with Crippen molar-refractivity contribution < 1.29 is 13.9 Å². The van der Waals surface area contributed by atoms with Crippen molar-refractivity contribution in [1.29, 1.82) is 0 Å². The van der Waals surface area contributed by atoms with E-state index >= 15 is 0 Å². The van der Waals surface area contributed by atoms with Crippen molar-refractivity contribution in [2.75, 3.05) is 13.7 Å². The number of methoxy groups -OCH3 is 1. The molecule has 2 aromatic carbocycles. The minimum atomic E-state index is -0.287. The average molecular weight is 420 g/mol. The molecule has 6 heteroatoms. The summed E-state index contributed by atoms with van der Waals surface area (Å²) in [6, 6.07) is 12.1. The van der Waals surface area contributed by atoms with Crippen LogP contribution in [0, 0.1) is 12.7 Å². The second kappa shape index (κ2) is 8.76. The van der Waals surface area contributed by atoms with Crippen molar-refractivity contribution >= 4 is 12.0 Å². The molecule has 0 aliphatic carbocycles. The number of nitrogens with zero attached hydrogens (tertiary/aromatic N) is 3. The zero-order valence-electron chi connectivity index (χ0n) is 18.0. The first-order chi connectivity index (χ1) is 15.0. The summed E-state index contributed by atoms with van der Waals surface area (Å²) in [7, 11) is 1.63. The van der Waals surface area contributed by atoms with E-state index in [9.17, 15) is 9.18 Å². The molecule has 1 fully saturated rings. The Kier molecular flexibility index (Phi) is 5.89. The Hall–Kier alpha value is -3.41. The highest BCUT2D eigenvalue weighted by molar-refractivity contribution is 5.98. The van der Waals surface area contributed by atoms with E-state index < -0.39 is 0 Å². The number of aryl methyl sites for hydroxylation is 1. The van der Waals surface area contributed by atoms with Crippen molar-refractivity contribution in [2.45, 2.75) is 32.7 Å². The molecule has 3 aromatic rings. The molecule has 1 atom stereocenters. The molecule has 0 unspecified atom stereocenters. The highest BCUT2D eigenvalue weighted by atomic mass is 19.1. The van der Waals surface area contributed by atoms with Crippen LogP contribution in [0.3, 0.4) is 0 Å². The largest absolute Gasteiger partial charge is 0.495 e. The number of hydrogen-bond donors (Lipinski definition) is 0. The van der Waals surface area contributed by atoms with E-state index in [0.29, 0.717) is 12.3 Å². The molecule has 1 aliphatic rings. The molecule has 31 heavy (non-hydrogen) atoms. The maximum atomic E-state index is 13.7. The monoisotopic (exact) mass is 419 g/mol. The summed E-state index contributed by atoms with van der Waals surface area (Å²) in [4.78, 5) is 19.3. The van der Waals surface area contributed by atoms with Gasteiger partial charge in [0.1, 0.15) is 11.6 Å².